The van der Waals surface area contributed by atoms with Crippen molar-refractivity contribution < 1.29 is 0 Å². The third kappa shape index (κ3) is 3.39. The maximum atomic E-state index is 4.28. The maximum absolute atomic E-state index is 4.28. The van der Waals surface area contributed by atoms with Gasteiger partial charge < -0.3 is 0 Å². The highest BCUT2D eigenvalue weighted by molar-refractivity contribution is 6.88. The summed E-state index contributed by atoms with van der Waals surface area (Å²) in [7, 11) is -1.19. The molecule has 0 saturated carbocycles. The van der Waals surface area contributed by atoms with Crippen LogP contribution in [0.2, 0.25) is 19.6 Å². The van der Waals surface area contributed by atoms with E-state index in [2.05, 4.69) is 54.2 Å². The van der Waals surface area contributed by atoms with E-state index in [4.69, 9.17) is 0 Å². The Morgan fingerprint density at radius 2 is 1.59 bits per heavy atom. The van der Waals surface area contributed by atoms with Crippen LogP contribution in [-0.2, 0) is 0 Å². The Labute approximate surface area is 105 Å². The highest BCUT2D eigenvalue weighted by atomic mass is 28.3. The summed E-state index contributed by atoms with van der Waals surface area (Å²) in [6, 6.07) is 8.55. The number of hydrogen-bond donors (Lipinski definition) is 0. The molecule has 3 nitrogen and oxygen atoms in total. The minimum Gasteiger partial charge on any atom is -0.278 e. The molecule has 1 fully saturated rings. The summed E-state index contributed by atoms with van der Waals surface area (Å²) in [4.78, 5) is 0. The van der Waals surface area contributed by atoms with Crippen LogP contribution in [0.5, 0.6) is 0 Å². The summed E-state index contributed by atoms with van der Waals surface area (Å²) in [5.41, 5.74) is 0.957. The second-order valence-corrected chi connectivity index (χ2v) is 10.7. The van der Waals surface area contributed by atoms with Crippen LogP contribution in [0.4, 0.5) is 5.69 Å². The lowest BCUT2D eigenvalue weighted by atomic mass is 10.3. The van der Waals surface area contributed by atoms with Gasteiger partial charge in [-0.3, -0.25) is 5.01 Å². The van der Waals surface area contributed by atoms with E-state index in [-0.39, 0.29) is 0 Å². The molecule has 0 bridgehead atoms. The molecule has 0 spiro atoms. The van der Waals surface area contributed by atoms with Crippen LogP contribution in [0.25, 0.3) is 0 Å². The number of benzene rings is 1. The third-order valence-corrected chi connectivity index (χ3v) is 5.17. The SMILES string of the molecule is C[Si](C)(C)c1ccc(N=NN2CCCC2)cc1. The van der Waals surface area contributed by atoms with E-state index in [1.807, 2.05) is 5.01 Å². The van der Waals surface area contributed by atoms with Gasteiger partial charge in [-0.25, -0.2) is 0 Å². The van der Waals surface area contributed by atoms with Crippen LogP contribution in [0, 0.1) is 0 Å². The first-order valence-corrected chi connectivity index (χ1v) is 9.83. The molecule has 1 saturated heterocycles. The van der Waals surface area contributed by atoms with E-state index in [1.54, 1.807) is 0 Å². The van der Waals surface area contributed by atoms with Crippen molar-refractivity contribution in [1.82, 2.24) is 5.01 Å². The van der Waals surface area contributed by atoms with Gasteiger partial charge in [0, 0.05) is 13.1 Å². The zero-order chi connectivity index (χ0) is 12.3. The number of nitrogens with zero attached hydrogens (tertiary/aromatic N) is 3. The van der Waals surface area contributed by atoms with Gasteiger partial charge in [-0.2, -0.15) is 0 Å². The summed E-state index contributed by atoms with van der Waals surface area (Å²) in [5, 5.41) is 12.1. The fourth-order valence-corrected chi connectivity index (χ4v) is 3.10. The van der Waals surface area contributed by atoms with Gasteiger partial charge in [-0.15, -0.1) is 5.11 Å². The van der Waals surface area contributed by atoms with E-state index in [1.165, 1.54) is 18.0 Å². The van der Waals surface area contributed by atoms with Crippen LogP contribution < -0.4 is 5.19 Å². The van der Waals surface area contributed by atoms with Gasteiger partial charge in [-0.05, 0) is 25.0 Å². The van der Waals surface area contributed by atoms with E-state index in [0.717, 1.165) is 18.8 Å². The van der Waals surface area contributed by atoms with Crippen molar-refractivity contribution in [1.29, 1.82) is 0 Å². The van der Waals surface area contributed by atoms with Gasteiger partial charge in [-0.1, -0.05) is 42.2 Å². The molecule has 0 aromatic heterocycles. The summed E-state index contributed by atoms with van der Waals surface area (Å²) in [6.07, 6.45) is 2.49. The van der Waals surface area contributed by atoms with Crippen LogP contribution in [-0.4, -0.2) is 26.2 Å². The largest absolute Gasteiger partial charge is 0.278 e. The van der Waals surface area contributed by atoms with Crippen LogP contribution in [0.1, 0.15) is 12.8 Å². The lowest BCUT2D eigenvalue weighted by Gasteiger charge is -2.16. The third-order valence-electron chi connectivity index (χ3n) is 3.10. The Bertz CT molecular complexity index is 386. The number of hydrogen-bond acceptors (Lipinski definition) is 2. The standard InChI is InChI=1S/C13H21N3Si/c1-17(2,3)13-8-6-12(7-9-13)14-15-16-10-4-5-11-16/h6-9H,4-5,10-11H2,1-3H3. The average molecular weight is 247 g/mol. The predicted octanol–water partition coefficient (Wildman–Crippen LogP) is 3.33. The van der Waals surface area contributed by atoms with Crippen molar-refractivity contribution in [3.8, 4) is 0 Å². The first-order chi connectivity index (χ1) is 8.05. The highest BCUT2D eigenvalue weighted by Gasteiger charge is 2.15. The molecular weight excluding hydrogens is 226 g/mol. The fourth-order valence-electron chi connectivity index (χ4n) is 1.93. The Kier molecular flexibility index (Phi) is 3.62. The molecule has 4 heteroatoms. The molecular formula is C13H21N3Si. The molecule has 0 unspecified atom stereocenters. The molecule has 0 amide bonds. The Morgan fingerprint density at radius 1 is 1.00 bits per heavy atom. The predicted molar refractivity (Wildman–Crippen MR) is 74.7 cm³/mol. The summed E-state index contributed by atoms with van der Waals surface area (Å²) >= 11 is 0. The first-order valence-electron chi connectivity index (χ1n) is 6.33. The monoisotopic (exact) mass is 247 g/mol. The molecule has 1 aliphatic heterocycles. The molecule has 1 heterocycles. The van der Waals surface area contributed by atoms with Gasteiger partial charge in [0.25, 0.3) is 0 Å². The fraction of sp³-hybridized carbons (Fsp3) is 0.538. The molecule has 0 atom stereocenters. The van der Waals surface area contributed by atoms with Crippen molar-refractivity contribution in [2.24, 2.45) is 10.3 Å². The van der Waals surface area contributed by atoms with E-state index in [0.29, 0.717) is 0 Å². The van der Waals surface area contributed by atoms with E-state index in [9.17, 15) is 0 Å². The molecule has 92 valence electrons. The summed E-state index contributed by atoms with van der Waals surface area (Å²) < 4.78 is 0. The van der Waals surface area contributed by atoms with Crippen molar-refractivity contribution in [3.63, 3.8) is 0 Å². The van der Waals surface area contributed by atoms with Crippen molar-refractivity contribution >= 4 is 18.9 Å². The Morgan fingerprint density at radius 3 is 2.12 bits per heavy atom. The van der Waals surface area contributed by atoms with Gasteiger partial charge >= 0.3 is 0 Å². The molecule has 1 aromatic carbocycles. The lowest BCUT2D eigenvalue weighted by Crippen LogP contribution is -2.37. The summed E-state index contributed by atoms with van der Waals surface area (Å²) in [5.74, 6) is 0. The second kappa shape index (κ2) is 5.00. The smallest absolute Gasteiger partial charge is 0.0874 e. The minimum absolute atomic E-state index is 0.957. The van der Waals surface area contributed by atoms with Gasteiger partial charge in [0.15, 0.2) is 0 Å². The van der Waals surface area contributed by atoms with E-state index < -0.39 is 8.07 Å². The zero-order valence-corrected chi connectivity index (χ0v) is 12.0. The molecule has 2 rings (SSSR count). The lowest BCUT2D eigenvalue weighted by molar-refractivity contribution is 0.336. The molecule has 1 aliphatic rings. The molecule has 1 aromatic rings. The summed E-state index contributed by atoms with van der Waals surface area (Å²) in [6.45, 7) is 9.17. The molecule has 17 heavy (non-hydrogen) atoms. The molecule has 0 N–H and O–H groups in total. The van der Waals surface area contributed by atoms with Crippen molar-refractivity contribution in [3.05, 3.63) is 24.3 Å². The first kappa shape index (κ1) is 12.3. The van der Waals surface area contributed by atoms with Gasteiger partial charge in [0.05, 0.1) is 13.8 Å². The van der Waals surface area contributed by atoms with Crippen molar-refractivity contribution in [2.75, 3.05) is 13.1 Å². The van der Waals surface area contributed by atoms with E-state index >= 15 is 0 Å². The van der Waals surface area contributed by atoms with Crippen molar-refractivity contribution in [2.45, 2.75) is 32.5 Å². The van der Waals surface area contributed by atoms with Gasteiger partial charge in [0.1, 0.15) is 0 Å². The number of rotatable bonds is 3. The average Bonchev–Trinajstić information content (AvgIpc) is 2.78. The Balaban J connectivity index is 2.02. The molecule has 0 radical (unpaired) electrons. The van der Waals surface area contributed by atoms with Crippen LogP contribution in [0.3, 0.4) is 0 Å². The quantitative estimate of drug-likeness (QED) is 0.595. The topological polar surface area (TPSA) is 28.0 Å². The van der Waals surface area contributed by atoms with Crippen LogP contribution >= 0.6 is 0 Å². The zero-order valence-electron chi connectivity index (χ0n) is 11.0. The molecule has 0 aliphatic carbocycles. The van der Waals surface area contributed by atoms with Crippen LogP contribution in [0.15, 0.2) is 34.6 Å². The maximum Gasteiger partial charge on any atom is 0.0874 e. The highest BCUT2D eigenvalue weighted by Crippen LogP contribution is 2.15. The Hall–Kier alpha value is -1.16. The van der Waals surface area contributed by atoms with Gasteiger partial charge in [0.2, 0.25) is 0 Å². The normalized spacial score (nSPS) is 17.0. The minimum atomic E-state index is -1.19. The second-order valence-electron chi connectivity index (χ2n) is 5.65.